The number of methoxy groups -OCH3 is 2. The summed E-state index contributed by atoms with van der Waals surface area (Å²) in [5, 5.41) is 7.52. The first kappa shape index (κ1) is 19.8. The molecule has 29 heavy (non-hydrogen) atoms. The highest BCUT2D eigenvalue weighted by Gasteiger charge is 2.25. The normalized spacial score (nSPS) is 10.4. The van der Waals surface area contributed by atoms with Crippen LogP contribution in [0.2, 0.25) is 0 Å². The maximum atomic E-state index is 13.1. The predicted octanol–water partition coefficient (Wildman–Crippen LogP) is 1.75. The summed E-state index contributed by atoms with van der Waals surface area (Å²) in [4.78, 5) is 38.3. The molecule has 0 radical (unpaired) electrons. The number of para-hydroxylation sites is 2. The van der Waals surface area contributed by atoms with E-state index in [1.165, 1.54) is 25.2 Å². The van der Waals surface area contributed by atoms with Crippen molar-refractivity contribution in [1.82, 2.24) is 19.8 Å². The summed E-state index contributed by atoms with van der Waals surface area (Å²) < 4.78 is 12.1. The number of aldehydes is 1. The third-order valence-corrected chi connectivity index (χ3v) is 4.25. The zero-order valence-electron chi connectivity index (χ0n) is 16.1. The van der Waals surface area contributed by atoms with Crippen LogP contribution in [-0.2, 0) is 0 Å². The molecule has 0 spiro atoms. The average molecular weight is 397 g/mol. The number of amides is 1. The highest BCUT2D eigenvalue weighted by Crippen LogP contribution is 2.29. The number of rotatable bonds is 6. The van der Waals surface area contributed by atoms with Gasteiger partial charge in [-0.05, 0) is 47.7 Å². The molecule has 1 heterocycles. The van der Waals surface area contributed by atoms with E-state index in [-0.39, 0.29) is 6.54 Å². The molecule has 0 bridgehead atoms. The molecule has 3 aromatic rings. The highest BCUT2D eigenvalue weighted by molar-refractivity contribution is 5.95. The first-order valence-electron chi connectivity index (χ1n) is 8.69. The molecule has 0 aliphatic rings. The number of aromatic nitrogens is 4. The molecule has 1 aromatic heterocycles. The molecule has 0 unspecified atom stereocenters. The van der Waals surface area contributed by atoms with Gasteiger partial charge in [0.25, 0.3) is 0 Å². The quantitative estimate of drug-likeness (QED) is 0.460. The Bertz CT molecular complexity index is 1100. The van der Waals surface area contributed by atoms with Crippen LogP contribution in [-0.4, -0.2) is 52.9 Å². The molecular weight excluding hydrogens is 378 g/mol. The highest BCUT2D eigenvalue weighted by atomic mass is 16.5. The summed E-state index contributed by atoms with van der Waals surface area (Å²) in [6.07, 6.45) is 0.658. The van der Waals surface area contributed by atoms with Crippen LogP contribution in [0.4, 0.5) is 10.5 Å². The SMILES string of the molecule is CCN(C(=O)n1nnn(-c2ccccc2OC)c1=O)c1cc(C=O)ccc1OC. The van der Waals surface area contributed by atoms with Crippen molar-refractivity contribution >= 4 is 18.0 Å². The number of hydrogen-bond acceptors (Lipinski definition) is 7. The number of hydrogen-bond donors (Lipinski definition) is 0. The van der Waals surface area contributed by atoms with Gasteiger partial charge in [-0.25, -0.2) is 9.59 Å². The van der Waals surface area contributed by atoms with Crippen LogP contribution in [0.15, 0.2) is 47.3 Å². The van der Waals surface area contributed by atoms with E-state index >= 15 is 0 Å². The van der Waals surface area contributed by atoms with Crippen molar-refractivity contribution in [2.75, 3.05) is 25.7 Å². The minimum Gasteiger partial charge on any atom is -0.495 e. The van der Waals surface area contributed by atoms with Crippen molar-refractivity contribution in [2.24, 2.45) is 0 Å². The van der Waals surface area contributed by atoms with Crippen molar-refractivity contribution in [3.05, 3.63) is 58.5 Å². The molecule has 0 N–H and O–H groups in total. The Hall–Kier alpha value is -3.95. The van der Waals surface area contributed by atoms with Gasteiger partial charge in [0.2, 0.25) is 0 Å². The monoisotopic (exact) mass is 397 g/mol. The predicted molar refractivity (Wildman–Crippen MR) is 104 cm³/mol. The summed E-state index contributed by atoms with van der Waals surface area (Å²) in [5.41, 5.74) is 0.284. The van der Waals surface area contributed by atoms with E-state index in [2.05, 4.69) is 10.4 Å². The molecular formula is C19H19N5O5. The minimum atomic E-state index is -0.761. The summed E-state index contributed by atoms with van der Waals surface area (Å²) >= 11 is 0. The fraction of sp³-hybridized carbons (Fsp3) is 0.211. The molecule has 3 rings (SSSR count). The lowest BCUT2D eigenvalue weighted by atomic mass is 10.2. The van der Waals surface area contributed by atoms with E-state index < -0.39 is 11.7 Å². The van der Waals surface area contributed by atoms with Gasteiger partial charge in [-0.2, -0.15) is 4.68 Å². The van der Waals surface area contributed by atoms with Gasteiger partial charge < -0.3 is 9.47 Å². The van der Waals surface area contributed by atoms with Gasteiger partial charge in [0.05, 0.1) is 19.9 Å². The zero-order chi connectivity index (χ0) is 21.0. The molecule has 0 aliphatic carbocycles. The molecule has 10 heteroatoms. The van der Waals surface area contributed by atoms with Crippen LogP contribution in [0.5, 0.6) is 11.5 Å². The van der Waals surface area contributed by atoms with Crippen molar-refractivity contribution in [3.63, 3.8) is 0 Å². The summed E-state index contributed by atoms with van der Waals surface area (Å²) in [6.45, 7) is 1.92. The maximum Gasteiger partial charge on any atom is 0.377 e. The van der Waals surface area contributed by atoms with E-state index in [9.17, 15) is 14.4 Å². The molecule has 150 valence electrons. The second-order valence-corrected chi connectivity index (χ2v) is 5.83. The lowest BCUT2D eigenvalue weighted by Gasteiger charge is -2.22. The summed E-state index contributed by atoms with van der Waals surface area (Å²) in [5.74, 6) is 0.776. The molecule has 1 amide bonds. The standard InChI is InChI=1S/C19H19N5O5/c1-4-22(15-11-13(12-25)9-10-17(15)29-3)18(26)24-19(27)23(20-21-24)14-7-5-6-8-16(14)28-2/h5-12H,4H2,1-3H3. The Labute approximate surface area is 165 Å². The number of tetrazole rings is 1. The molecule has 0 aliphatic heterocycles. The Balaban J connectivity index is 2.06. The summed E-state index contributed by atoms with van der Waals surface area (Å²) in [6, 6.07) is 10.6. The van der Waals surface area contributed by atoms with Crippen LogP contribution in [0.1, 0.15) is 17.3 Å². The van der Waals surface area contributed by atoms with Crippen LogP contribution < -0.4 is 20.1 Å². The van der Waals surface area contributed by atoms with Crippen molar-refractivity contribution in [2.45, 2.75) is 6.92 Å². The van der Waals surface area contributed by atoms with E-state index in [0.717, 1.165) is 4.68 Å². The third kappa shape index (κ3) is 3.59. The first-order chi connectivity index (χ1) is 14.0. The minimum absolute atomic E-state index is 0.200. The second-order valence-electron chi connectivity index (χ2n) is 5.83. The van der Waals surface area contributed by atoms with E-state index in [1.807, 2.05) is 0 Å². The van der Waals surface area contributed by atoms with Crippen molar-refractivity contribution in [3.8, 4) is 17.2 Å². The van der Waals surface area contributed by atoms with Gasteiger partial charge in [-0.15, -0.1) is 4.68 Å². The number of ether oxygens (including phenoxy) is 2. The van der Waals surface area contributed by atoms with Gasteiger partial charge in [-0.3, -0.25) is 9.69 Å². The topological polar surface area (TPSA) is 109 Å². The number of carbonyl (C=O) groups is 2. The van der Waals surface area contributed by atoms with E-state index in [1.54, 1.807) is 43.3 Å². The molecule has 0 saturated heterocycles. The van der Waals surface area contributed by atoms with Gasteiger partial charge in [0, 0.05) is 12.1 Å². The van der Waals surface area contributed by atoms with Gasteiger partial charge >= 0.3 is 11.7 Å². The van der Waals surface area contributed by atoms with E-state index in [4.69, 9.17) is 9.47 Å². The molecule has 0 fully saturated rings. The lowest BCUT2D eigenvalue weighted by molar-refractivity contribution is 0.112. The zero-order valence-corrected chi connectivity index (χ0v) is 16.1. The smallest absolute Gasteiger partial charge is 0.377 e. The second kappa shape index (κ2) is 8.38. The summed E-state index contributed by atoms with van der Waals surface area (Å²) in [7, 11) is 2.91. The first-order valence-corrected chi connectivity index (χ1v) is 8.69. The number of carbonyl (C=O) groups excluding carboxylic acids is 2. The van der Waals surface area contributed by atoms with Crippen LogP contribution in [0.3, 0.4) is 0 Å². The Morgan fingerprint density at radius 3 is 2.48 bits per heavy atom. The van der Waals surface area contributed by atoms with Crippen molar-refractivity contribution < 1.29 is 19.1 Å². The Morgan fingerprint density at radius 2 is 1.83 bits per heavy atom. The van der Waals surface area contributed by atoms with Crippen molar-refractivity contribution in [1.29, 1.82) is 0 Å². The molecule has 10 nitrogen and oxygen atoms in total. The molecule has 0 atom stereocenters. The molecule has 2 aromatic carbocycles. The Morgan fingerprint density at radius 1 is 1.10 bits per heavy atom. The van der Waals surface area contributed by atoms with Crippen LogP contribution in [0, 0.1) is 0 Å². The van der Waals surface area contributed by atoms with Gasteiger partial charge in [0.15, 0.2) is 0 Å². The average Bonchev–Trinajstić information content (AvgIpc) is 3.15. The van der Waals surface area contributed by atoms with Gasteiger partial charge in [-0.1, -0.05) is 12.1 Å². The molecule has 0 saturated carbocycles. The largest absolute Gasteiger partial charge is 0.495 e. The number of nitrogens with zero attached hydrogens (tertiary/aromatic N) is 5. The van der Waals surface area contributed by atoms with Crippen LogP contribution in [0.25, 0.3) is 5.69 Å². The van der Waals surface area contributed by atoms with E-state index in [0.29, 0.717) is 39.4 Å². The van der Waals surface area contributed by atoms with Gasteiger partial charge in [0.1, 0.15) is 23.5 Å². The lowest BCUT2D eigenvalue weighted by Crippen LogP contribution is -2.41. The van der Waals surface area contributed by atoms with Crippen LogP contribution >= 0.6 is 0 Å². The fourth-order valence-corrected chi connectivity index (χ4v) is 2.84. The number of anilines is 1. The fourth-order valence-electron chi connectivity index (χ4n) is 2.84. The third-order valence-electron chi connectivity index (χ3n) is 4.25. The maximum absolute atomic E-state index is 13.1. The Kier molecular flexibility index (Phi) is 5.72. The number of benzene rings is 2.